The quantitative estimate of drug-likeness (QED) is 0.399. The van der Waals surface area contributed by atoms with Gasteiger partial charge >= 0.3 is 0 Å². The van der Waals surface area contributed by atoms with E-state index in [2.05, 4.69) is 23.8 Å². The minimum Gasteiger partial charge on any atom is -0.374 e. The number of aliphatic hydroxyl groups excluding tert-OH is 2. The Morgan fingerprint density at radius 1 is 1.00 bits per heavy atom. The van der Waals surface area contributed by atoms with Gasteiger partial charge in [-0.25, -0.2) is 0 Å². The average Bonchev–Trinajstić information content (AvgIpc) is 2.38. The molecule has 6 heteroatoms. The maximum atomic E-state index is 10.4. The van der Waals surface area contributed by atoms with Crippen LogP contribution >= 0.6 is 0 Å². The van der Waals surface area contributed by atoms with Crippen molar-refractivity contribution in [2.45, 2.75) is 39.1 Å². The van der Waals surface area contributed by atoms with Gasteiger partial charge in [0, 0.05) is 0 Å². The zero-order valence-corrected chi connectivity index (χ0v) is 10.8. The zero-order chi connectivity index (χ0) is 14.6. The third-order valence-electron chi connectivity index (χ3n) is 1.76. The highest BCUT2D eigenvalue weighted by Gasteiger charge is 2.00. The molecule has 0 heterocycles. The van der Waals surface area contributed by atoms with E-state index in [1.54, 1.807) is 13.8 Å². The number of hydrogen-bond acceptors (Lipinski definition) is 4. The number of carbonyl (C=O) groups excluding carboxylic acids is 2. The van der Waals surface area contributed by atoms with E-state index in [1.807, 2.05) is 0 Å². The van der Waals surface area contributed by atoms with Crippen molar-refractivity contribution in [3.63, 3.8) is 0 Å². The summed E-state index contributed by atoms with van der Waals surface area (Å²) in [4.78, 5) is 20.8. The van der Waals surface area contributed by atoms with Gasteiger partial charge in [-0.1, -0.05) is 27.0 Å². The molecule has 0 aromatic carbocycles. The zero-order valence-electron chi connectivity index (χ0n) is 10.8. The first-order chi connectivity index (χ1) is 8.40. The molecule has 0 aromatic rings. The highest BCUT2D eigenvalue weighted by Crippen LogP contribution is 1.83. The van der Waals surface area contributed by atoms with Gasteiger partial charge in [-0.15, -0.1) is 0 Å². The number of carbonyl (C=O) groups is 2. The van der Waals surface area contributed by atoms with Crippen molar-refractivity contribution in [2.75, 3.05) is 0 Å². The lowest BCUT2D eigenvalue weighted by Crippen LogP contribution is -2.32. The van der Waals surface area contributed by atoms with Crippen LogP contribution in [0.2, 0.25) is 0 Å². The molecule has 0 saturated heterocycles. The smallest absolute Gasteiger partial charge is 0.245 e. The van der Waals surface area contributed by atoms with Crippen LogP contribution < -0.4 is 10.6 Å². The molecule has 0 spiro atoms. The number of amides is 2. The van der Waals surface area contributed by atoms with Crippen LogP contribution in [0.5, 0.6) is 0 Å². The number of hydrogen-bond donors (Lipinski definition) is 4. The highest BCUT2D eigenvalue weighted by molar-refractivity contribution is 5.87. The van der Waals surface area contributed by atoms with Gasteiger partial charge in [0.2, 0.25) is 11.8 Å². The van der Waals surface area contributed by atoms with E-state index in [4.69, 9.17) is 10.2 Å². The van der Waals surface area contributed by atoms with Crippen LogP contribution in [-0.4, -0.2) is 34.5 Å². The molecule has 4 N–H and O–H groups in total. The summed E-state index contributed by atoms with van der Waals surface area (Å²) in [5.41, 5.74) is 0. The monoisotopic (exact) mass is 258 g/mol. The van der Waals surface area contributed by atoms with E-state index in [0.29, 0.717) is 12.8 Å². The molecular formula is C12H22N2O4. The summed E-state index contributed by atoms with van der Waals surface area (Å²) >= 11 is 0. The fraction of sp³-hybridized carbons (Fsp3) is 0.500. The Morgan fingerprint density at radius 3 is 1.44 bits per heavy atom. The minimum absolute atomic E-state index is 0.343. The molecule has 0 fully saturated rings. The molecule has 2 unspecified atom stereocenters. The standard InChI is InChI=1S/2C6H11NO2/c2*1-3-5(8)7-6(9)4-2/h2*3,6,9H,1,4H2,2H3,(H,7,8). The molecule has 104 valence electrons. The molecule has 0 aromatic heterocycles. The SMILES string of the molecule is C=CC(=O)NC(O)CC.C=CC(=O)NC(O)CC. The summed E-state index contributed by atoms with van der Waals surface area (Å²) in [7, 11) is 0. The van der Waals surface area contributed by atoms with Gasteiger partial charge in [0.15, 0.2) is 0 Å². The molecule has 0 aliphatic heterocycles. The van der Waals surface area contributed by atoms with E-state index in [0.717, 1.165) is 12.2 Å². The first-order valence-corrected chi connectivity index (χ1v) is 5.63. The summed E-state index contributed by atoms with van der Waals surface area (Å²) in [6.45, 7) is 9.99. The Labute approximate surface area is 107 Å². The lowest BCUT2D eigenvalue weighted by molar-refractivity contribution is -0.120. The number of aliphatic hydroxyl groups is 2. The molecule has 0 radical (unpaired) electrons. The summed E-state index contributed by atoms with van der Waals surface area (Å²) < 4.78 is 0. The van der Waals surface area contributed by atoms with Crippen LogP contribution in [0, 0.1) is 0 Å². The van der Waals surface area contributed by atoms with Crippen molar-refractivity contribution in [1.82, 2.24) is 10.6 Å². The maximum Gasteiger partial charge on any atom is 0.245 e. The van der Waals surface area contributed by atoms with Gasteiger partial charge in [0.05, 0.1) is 0 Å². The fourth-order valence-electron chi connectivity index (χ4n) is 0.650. The van der Waals surface area contributed by atoms with Crippen LogP contribution in [0.4, 0.5) is 0 Å². The predicted octanol–water partition coefficient (Wildman–Crippen LogP) is 0.0340. The molecule has 6 nitrogen and oxygen atoms in total. The molecule has 2 amide bonds. The van der Waals surface area contributed by atoms with Crippen molar-refractivity contribution in [3.05, 3.63) is 25.3 Å². The van der Waals surface area contributed by atoms with Crippen molar-refractivity contribution in [2.24, 2.45) is 0 Å². The van der Waals surface area contributed by atoms with E-state index in [1.165, 1.54) is 0 Å². The fourth-order valence-corrected chi connectivity index (χ4v) is 0.650. The third-order valence-corrected chi connectivity index (χ3v) is 1.76. The summed E-state index contributed by atoms with van der Waals surface area (Å²) in [6, 6.07) is 0. The Balaban J connectivity index is 0. The van der Waals surface area contributed by atoms with Crippen LogP contribution in [0.25, 0.3) is 0 Å². The second-order valence-electron chi connectivity index (χ2n) is 3.27. The van der Waals surface area contributed by atoms with Gasteiger partial charge in [0.25, 0.3) is 0 Å². The molecule has 0 saturated carbocycles. The summed E-state index contributed by atoms with van der Waals surface area (Å²) in [6.07, 6.45) is 1.79. The van der Waals surface area contributed by atoms with Gasteiger partial charge in [-0.3, -0.25) is 9.59 Å². The highest BCUT2D eigenvalue weighted by atomic mass is 16.3. The maximum absolute atomic E-state index is 10.4. The molecule has 0 rings (SSSR count). The molecule has 2 atom stereocenters. The van der Waals surface area contributed by atoms with Gasteiger partial charge in [0.1, 0.15) is 12.5 Å². The Morgan fingerprint density at radius 2 is 1.28 bits per heavy atom. The second-order valence-corrected chi connectivity index (χ2v) is 3.27. The van der Waals surface area contributed by atoms with E-state index in [9.17, 15) is 9.59 Å². The third kappa shape index (κ3) is 12.4. The second kappa shape index (κ2) is 11.8. The summed E-state index contributed by atoms with van der Waals surface area (Å²) in [5, 5.41) is 22.1. The van der Waals surface area contributed by atoms with Crippen molar-refractivity contribution < 1.29 is 19.8 Å². The van der Waals surface area contributed by atoms with E-state index in [-0.39, 0.29) is 11.8 Å². The van der Waals surface area contributed by atoms with Gasteiger partial charge in [-0.05, 0) is 25.0 Å². The first-order valence-electron chi connectivity index (χ1n) is 5.63. The molecule has 0 bridgehead atoms. The van der Waals surface area contributed by atoms with Gasteiger partial charge in [-0.2, -0.15) is 0 Å². The topological polar surface area (TPSA) is 98.7 Å². The predicted molar refractivity (Wildman–Crippen MR) is 69.3 cm³/mol. The lowest BCUT2D eigenvalue weighted by atomic mass is 10.4. The van der Waals surface area contributed by atoms with Gasteiger partial charge < -0.3 is 20.8 Å². The van der Waals surface area contributed by atoms with E-state index < -0.39 is 12.5 Å². The largest absolute Gasteiger partial charge is 0.374 e. The Hall–Kier alpha value is -1.66. The molecule has 0 aliphatic carbocycles. The van der Waals surface area contributed by atoms with Crippen LogP contribution in [0.1, 0.15) is 26.7 Å². The normalized spacial score (nSPS) is 12.2. The van der Waals surface area contributed by atoms with E-state index >= 15 is 0 Å². The van der Waals surface area contributed by atoms with Crippen LogP contribution in [0.15, 0.2) is 25.3 Å². The number of rotatable bonds is 6. The Kier molecular flexibility index (Phi) is 12.3. The van der Waals surface area contributed by atoms with Crippen LogP contribution in [-0.2, 0) is 9.59 Å². The first kappa shape index (κ1) is 18.7. The molecule has 18 heavy (non-hydrogen) atoms. The minimum atomic E-state index is -0.740. The van der Waals surface area contributed by atoms with Crippen LogP contribution in [0.3, 0.4) is 0 Å². The molecular weight excluding hydrogens is 236 g/mol. The summed E-state index contributed by atoms with van der Waals surface area (Å²) in [5.74, 6) is -0.686. The van der Waals surface area contributed by atoms with Crippen molar-refractivity contribution in [1.29, 1.82) is 0 Å². The van der Waals surface area contributed by atoms with Crippen molar-refractivity contribution >= 4 is 11.8 Å². The van der Waals surface area contributed by atoms with Crippen molar-refractivity contribution in [3.8, 4) is 0 Å². The lowest BCUT2D eigenvalue weighted by Gasteiger charge is -2.06. The average molecular weight is 258 g/mol. The number of nitrogens with one attached hydrogen (secondary N) is 2. The Bertz CT molecular complexity index is 251. The molecule has 0 aliphatic rings.